The number of carbonyl (C=O) groups excluding carboxylic acids is 2. The number of hydrogen-bond donors (Lipinski definition) is 0. The third kappa shape index (κ3) is 4.43. The molecule has 0 radical (unpaired) electrons. The molecule has 0 aliphatic heterocycles. The number of ether oxygens (including phenoxy) is 3. The van der Waals surface area contributed by atoms with Crippen LogP contribution in [0.2, 0.25) is 0 Å². The number of aryl methyl sites for hydroxylation is 2. The molecule has 0 bridgehead atoms. The highest BCUT2D eigenvalue weighted by atomic mass is 16.5. The summed E-state index contributed by atoms with van der Waals surface area (Å²) in [6.07, 6.45) is 1.31. The van der Waals surface area contributed by atoms with E-state index in [9.17, 15) is 14.4 Å². The first kappa shape index (κ1) is 22.9. The minimum atomic E-state index is -0.818. The van der Waals surface area contributed by atoms with Crippen molar-refractivity contribution in [1.29, 1.82) is 0 Å². The number of furan rings is 1. The van der Waals surface area contributed by atoms with Crippen LogP contribution >= 0.6 is 0 Å². The smallest absolute Gasteiger partial charge is 0.343 e. The maximum atomic E-state index is 12.7. The van der Waals surface area contributed by atoms with Gasteiger partial charge < -0.3 is 28.1 Å². The molecule has 1 aromatic carbocycles. The van der Waals surface area contributed by atoms with Crippen LogP contribution in [0.1, 0.15) is 28.6 Å². The average Bonchev–Trinajstić information content (AvgIpc) is 3.14. The Labute approximate surface area is 184 Å². The fourth-order valence-corrected chi connectivity index (χ4v) is 3.30. The number of rotatable bonds is 8. The molecule has 2 aromatic heterocycles. The van der Waals surface area contributed by atoms with Gasteiger partial charge in [0, 0.05) is 20.1 Å². The molecule has 0 aliphatic carbocycles. The van der Waals surface area contributed by atoms with Crippen molar-refractivity contribution >= 4 is 23.0 Å². The van der Waals surface area contributed by atoms with Crippen LogP contribution in [0, 0.1) is 6.92 Å². The fraction of sp³-hybridized carbons (Fsp3) is 0.364. The van der Waals surface area contributed by atoms with Gasteiger partial charge in [0.15, 0.2) is 18.1 Å². The molecule has 3 aromatic rings. The zero-order valence-electron chi connectivity index (χ0n) is 18.6. The van der Waals surface area contributed by atoms with Gasteiger partial charge in [-0.3, -0.25) is 9.59 Å². The Morgan fingerprint density at radius 1 is 1.19 bits per heavy atom. The van der Waals surface area contributed by atoms with Gasteiger partial charge in [0.1, 0.15) is 23.0 Å². The zero-order valence-corrected chi connectivity index (χ0v) is 18.6. The summed E-state index contributed by atoms with van der Waals surface area (Å²) < 4.78 is 22.4. The van der Waals surface area contributed by atoms with Gasteiger partial charge in [-0.15, -0.1) is 0 Å². The van der Waals surface area contributed by atoms with E-state index in [0.717, 1.165) is 5.56 Å². The van der Waals surface area contributed by atoms with Crippen LogP contribution in [-0.4, -0.2) is 53.7 Å². The van der Waals surface area contributed by atoms with Gasteiger partial charge in [-0.1, -0.05) is 6.07 Å². The molecule has 0 saturated heterocycles. The Balaban J connectivity index is 1.73. The van der Waals surface area contributed by atoms with E-state index in [1.807, 2.05) is 13.0 Å². The molecule has 0 N–H and O–H groups in total. The second kappa shape index (κ2) is 9.54. The highest BCUT2D eigenvalue weighted by molar-refractivity contribution is 6.03. The minimum absolute atomic E-state index is 0.0237. The van der Waals surface area contributed by atoms with Crippen molar-refractivity contribution in [2.75, 3.05) is 27.4 Å². The Morgan fingerprint density at radius 3 is 2.56 bits per heavy atom. The summed E-state index contributed by atoms with van der Waals surface area (Å²) in [6.45, 7) is 3.58. The molecule has 0 atom stereocenters. The quantitative estimate of drug-likeness (QED) is 0.486. The molecule has 170 valence electrons. The lowest BCUT2D eigenvalue weighted by molar-refractivity contribution is -0.134. The zero-order chi connectivity index (χ0) is 23.4. The predicted molar refractivity (Wildman–Crippen MR) is 115 cm³/mol. The highest BCUT2D eigenvalue weighted by Crippen LogP contribution is 2.28. The molecular formula is C22H25N3O7. The summed E-state index contributed by atoms with van der Waals surface area (Å²) in [5.74, 6) is 0.139. The van der Waals surface area contributed by atoms with Crippen LogP contribution in [0.5, 0.6) is 11.5 Å². The third-order valence-corrected chi connectivity index (χ3v) is 5.03. The Kier molecular flexibility index (Phi) is 6.82. The van der Waals surface area contributed by atoms with Crippen LogP contribution in [0.3, 0.4) is 0 Å². The van der Waals surface area contributed by atoms with Crippen molar-refractivity contribution in [2.45, 2.75) is 20.4 Å². The van der Waals surface area contributed by atoms with Gasteiger partial charge in [0.05, 0.1) is 14.2 Å². The summed E-state index contributed by atoms with van der Waals surface area (Å²) in [5.41, 5.74) is 0.418. The molecule has 0 aliphatic rings. The third-order valence-electron chi connectivity index (χ3n) is 5.03. The van der Waals surface area contributed by atoms with Crippen molar-refractivity contribution < 1.29 is 28.2 Å². The molecule has 0 fully saturated rings. The molecule has 0 spiro atoms. The van der Waals surface area contributed by atoms with E-state index in [1.165, 1.54) is 36.9 Å². The van der Waals surface area contributed by atoms with E-state index in [-0.39, 0.29) is 28.3 Å². The molecule has 10 nitrogen and oxygen atoms in total. The van der Waals surface area contributed by atoms with E-state index in [0.29, 0.717) is 24.6 Å². The fourth-order valence-electron chi connectivity index (χ4n) is 3.30. The number of methoxy groups -OCH3 is 2. The van der Waals surface area contributed by atoms with Crippen LogP contribution in [0.25, 0.3) is 11.1 Å². The van der Waals surface area contributed by atoms with E-state index >= 15 is 0 Å². The molecular weight excluding hydrogens is 418 g/mol. The van der Waals surface area contributed by atoms with Gasteiger partial charge in [-0.25, -0.2) is 9.78 Å². The SMILES string of the molecule is CCN(Cc1ccc(OC)c(OC)c1)C(=O)COC(=O)c1c(C)oc2ncn(C)c(=O)c12. The second-order valence-corrected chi connectivity index (χ2v) is 7.05. The molecule has 0 saturated carbocycles. The lowest BCUT2D eigenvalue weighted by Gasteiger charge is -2.21. The summed E-state index contributed by atoms with van der Waals surface area (Å²) >= 11 is 0. The average molecular weight is 443 g/mol. The second-order valence-electron chi connectivity index (χ2n) is 7.05. The molecule has 32 heavy (non-hydrogen) atoms. The van der Waals surface area contributed by atoms with Gasteiger partial charge in [0.2, 0.25) is 5.71 Å². The van der Waals surface area contributed by atoms with E-state index in [4.69, 9.17) is 18.6 Å². The predicted octanol–water partition coefficient (Wildman–Crippen LogP) is 2.06. The monoisotopic (exact) mass is 443 g/mol. The minimum Gasteiger partial charge on any atom is -0.493 e. The van der Waals surface area contributed by atoms with Crippen LogP contribution in [-0.2, 0) is 23.1 Å². The maximum absolute atomic E-state index is 12.7. The lowest BCUT2D eigenvalue weighted by atomic mass is 10.2. The van der Waals surface area contributed by atoms with Crippen molar-refractivity contribution in [3.8, 4) is 11.5 Å². The molecule has 10 heteroatoms. The van der Waals surface area contributed by atoms with Crippen LogP contribution < -0.4 is 15.0 Å². The normalized spacial score (nSPS) is 10.8. The van der Waals surface area contributed by atoms with Crippen molar-refractivity contribution in [1.82, 2.24) is 14.5 Å². The number of fused-ring (bicyclic) bond motifs is 1. The first-order chi connectivity index (χ1) is 15.3. The number of aromatic nitrogens is 2. The lowest BCUT2D eigenvalue weighted by Crippen LogP contribution is -2.34. The van der Waals surface area contributed by atoms with E-state index in [2.05, 4.69) is 4.98 Å². The van der Waals surface area contributed by atoms with E-state index < -0.39 is 18.1 Å². The number of hydrogen-bond acceptors (Lipinski definition) is 8. The standard InChI is InChI=1S/C22H25N3O7/c1-6-25(10-14-7-8-15(29-4)16(9-14)30-5)17(26)11-31-22(28)18-13(2)32-20-19(18)21(27)24(3)12-23-20/h7-9,12H,6,10-11H2,1-5H3. The van der Waals surface area contributed by atoms with Gasteiger partial charge in [-0.05, 0) is 31.5 Å². The first-order valence-corrected chi connectivity index (χ1v) is 9.91. The number of amides is 1. The Hall–Kier alpha value is -3.82. The number of esters is 1. The molecule has 3 rings (SSSR count). The van der Waals surface area contributed by atoms with Crippen molar-refractivity contribution in [3.63, 3.8) is 0 Å². The largest absolute Gasteiger partial charge is 0.493 e. The van der Waals surface area contributed by atoms with Gasteiger partial charge in [0.25, 0.3) is 11.5 Å². The summed E-state index contributed by atoms with van der Waals surface area (Å²) in [6, 6.07) is 5.37. The van der Waals surface area contributed by atoms with E-state index in [1.54, 1.807) is 19.2 Å². The van der Waals surface area contributed by atoms with Crippen molar-refractivity contribution in [2.24, 2.45) is 7.05 Å². The summed E-state index contributed by atoms with van der Waals surface area (Å²) in [4.78, 5) is 43.3. The maximum Gasteiger partial charge on any atom is 0.343 e. The molecule has 2 heterocycles. The topological polar surface area (TPSA) is 113 Å². The van der Waals surface area contributed by atoms with Gasteiger partial charge >= 0.3 is 5.97 Å². The number of benzene rings is 1. The molecule has 0 unspecified atom stereocenters. The summed E-state index contributed by atoms with van der Waals surface area (Å²) in [7, 11) is 4.60. The first-order valence-electron chi connectivity index (χ1n) is 9.91. The number of likely N-dealkylation sites (N-methyl/N-ethyl adjacent to an activating group) is 1. The number of nitrogens with zero attached hydrogens (tertiary/aromatic N) is 3. The van der Waals surface area contributed by atoms with Gasteiger partial charge in [-0.2, -0.15) is 0 Å². The van der Waals surface area contributed by atoms with Crippen LogP contribution in [0.4, 0.5) is 0 Å². The van der Waals surface area contributed by atoms with Crippen molar-refractivity contribution in [3.05, 3.63) is 51.8 Å². The number of carbonyl (C=O) groups is 2. The Morgan fingerprint density at radius 2 is 1.91 bits per heavy atom. The van der Waals surface area contributed by atoms with Crippen LogP contribution in [0.15, 0.2) is 33.7 Å². The summed E-state index contributed by atoms with van der Waals surface area (Å²) in [5, 5.41) is 0.0302. The molecule has 1 amide bonds. The Bertz CT molecular complexity index is 1210. The highest BCUT2D eigenvalue weighted by Gasteiger charge is 2.25.